The Kier molecular flexibility index (Phi) is 29.9. The summed E-state index contributed by atoms with van der Waals surface area (Å²) >= 11 is 0. The molecule has 1 atom stereocenters. The van der Waals surface area contributed by atoms with Crippen LogP contribution < -0.4 is 5.73 Å². The zero-order valence-corrected chi connectivity index (χ0v) is 23.1. The lowest BCUT2D eigenvalue weighted by Crippen LogP contribution is -2.23. The number of nitrogens with two attached hydrogens (primary N) is 1. The molecule has 0 saturated heterocycles. The van der Waals surface area contributed by atoms with Gasteiger partial charge in [0.2, 0.25) is 0 Å². The van der Waals surface area contributed by atoms with Crippen LogP contribution in [0.15, 0.2) is 0 Å². The molecule has 200 valence electrons. The molecule has 2 nitrogen and oxygen atoms in total. The minimum absolute atomic E-state index is 0.00390. The first-order valence-corrected chi connectivity index (χ1v) is 15.7. The molecule has 0 spiro atoms. The molecule has 2 heteroatoms. The minimum atomic E-state index is 0.00390. The van der Waals surface area contributed by atoms with E-state index in [4.69, 9.17) is 10.8 Å². The fraction of sp³-hybridized carbons (Fsp3) is 1.00. The lowest BCUT2D eigenvalue weighted by atomic mass is 10.0. The van der Waals surface area contributed by atoms with Gasteiger partial charge in [-0.15, -0.1) is 0 Å². The Morgan fingerprint density at radius 1 is 0.394 bits per heavy atom. The molecule has 33 heavy (non-hydrogen) atoms. The molecule has 0 aliphatic heterocycles. The highest BCUT2D eigenvalue weighted by molar-refractivity contribution is 4.58. The van der Waals surface area contributed by atoms with Crippen LogP contribution in [0.4, 0.5) is 0 Å². The van der Waals surface area contributed by atoms with Gasteiger partial charge >= 0.3 is 0 Å². The summed E-state index contributed by atoms with van der Waals surface area (Å²) in [6.45, 7) is 2.44. The summed E-state index contributed by atoms with van der Waals surface area (Å²) in [7, 11) is 0. The van der Waals surface area contributed by atoms with Gasteiger partial charge in [0.05, 0.1) is 6.61 Å². The van der Waals surface area contributed by atoms with Gasteiger partial charge < -0.3 is 10.8 Å². The van der Waals surface area contributed by atoms with Gasteiger partial charge in [0.25, 0.3) is 0 Å². The largest absolute Gasteiger partial charge is 0.395 e. The van der Waals surface area contributed by atoms with Crippen molar-refractivity contribution in [2.45, 2.75) is 193 Å². The summed E-state index contributed by atoms with van der Waals surface area (Å²) in [4.78, 5) is 0. The first-order chi connectivity index (χ1) is 16.3. The molecule has 0 saturated carbocycles. The summed E-state index contributed by atoms with van der Waals surface area (Å²) in [6, 6.07) is 0.00390. The van der Waals surface area contributed by atoms with Crippen LogP contribution in [0.5, 0.6) is 0 Å². The van der Waals surface area contributed by atoms with Crippen molar-refractivity contribution in [2.75, 3.05) is 6.61 Å². The summed E-state index contributed by atoms with van der Waals surface area (Å²) in [5.41, 5.74) is 5.73. The quantitative estimate of drug-likeness (QED) is 0.107. The van der Waals surface area contributed by atoms with Crippen LogP contribution in [-0.4, -0.2) is 17.8 Å². The molecule has 0 aromatic carbocycles. The van der Waals surface area contributed by atoms with E-state index < -0.39 is 0 Å². The van der Waals surface area contributed by atoms with Crippen LogP contribution >= 0.6 is 0 Å². The third-order valence-electron chi connectivity index (χ3n) is 7.41. The van der Waals surface area contributed by atoms with Gasteiger partial charge in [-0.2, -0.15) is 0 Å². The van der Waals surface area contributed by atoms with E-state index in [1.165, 1.54) is 173 Å². The molecule has 0 radical (unpaired) electrons. The van der Waals surface area contributed by atoms with Crippen LogP contribution in [0, 0.1) is 0 Å². The second kappa shape index (κ2) is 30.0. The molecule has 0 amide bonds. The van der Waals surface area contributed by atoms with Gasteiger partial charge in [0.1, 0.15) is 0 Å². The average molecular weight is 468 g/mol. The number of rotatable bonds is 29. The Labute approximate surface area is 210 Å². The van der Waals surface area contributed by atoms with Crippen molar-refractivity contribution in [1.29, 1.82) is 0 Å². The van der Waals surface area contributed by atoms with Crippen molar-refractivity contribution in [3.8, 4) is 0 Å². The zero-order chi connectivity index (χ0) is 24.1. The van der Waals surface area contributed by atoms with Crippen molar-refractivity contribution in [3.05, 3.63) is 0 Å². The topological polar surface area (TPSA) is 46.2 Å². The van der Waals surface area contributed by atoms with E-state index in [0.29, 0.717) is 0 Å². The third-order valence-corrected chi connectivity index (χ3v) is 7.41. The predicted octanol–water partition coefficient (Wildman–Crippen LogP) is 10.2. The first kappa shape index (κ1) is 32.9. The molecule has 0 fully saturated rings. The van der Waals surface area contributed by atoms with E-state index in [1.54, 1.807) is 0 Å². The van der Waals surface area contributed by atoms with Crippen LogP contribution in [0.3, 0.4) is 0 Å². The van der Waals surface area contributed by atoms with Gasteiger partial charge in [-0.3, -0.25) is 0 Å². The number of aliphatic hydroxyl groups is 1. The van der Waals surface area contributed by atoms with Crippen LogP contribution in [0.1, 0.15) is 187 Å². The zero-order valence-electron chi connectivity index (χ0n) is 23.1. The second-order valence-electron chi connectivity index (χ2n) is 10.9. The fourth-order valence-electron chi connectivity index (χ4n) is 4.99. The van der Waals surface area contributed by atoms with Gasteiger partial charge in [-0.1, -0.05) is 180 Å². The van der Waals surface area contributed by atoms with Crippen molar-refractivity contribution in [1.82, 2.24) is 0 Å². The van der Waals surface area contributed by atoms with Crippen LogP contribution in [0.2, 0.25) is 0 Å². The molecule has 3 N–H and O–H groups in total. The monoisotopic (exact) mass is 468 g/mol. The Balaban J connectivity index is 3.01. The number of aliphatic hydroxyl groups excluding tert-OH is 1. The number of unbranched alkanes of at least 4 members (excludes halogenated alkanes) is 26. The molecule has 0 rings (SSSR count). The Hall–Kier alpha value is -0.0800. The Morgan fingerprint density at radius 2 is 0.606 bits per heavy atom. The maximum Gasteiger partial charge on any atom is 0.0582 e. The third kappa shape index (κ3) is 29.9. The van der Waals surface area contributed by atoms with Crippen molar-refractivity contribution in [3.63, 3.8) is 0 Å². The molecule has 0 heterocycles. The summed E-state index contributed by atoms with van der Waals surface area (Å²) in [6.07, 6.45) is 39.8. The van der Waals surface area contributed by atoms with E-state index in [9.17, 15) is 0 Å². The van der Waals surface area contributed by atoms with E-state index in [-0.39, 0.29) is 12.6 Å². The first-order valence-electron chi connectivity index (χ1n) is 15.7. The summed E-state index contributed by atoms with van der Waals surface area (Å²) < 4.78 is 0. The highest BCUT2D eigenvalue weighted by atomic mass is 16.3. The highest BCUT2D eigenvalue weighted by Gasteiger charge is 1.99. The number of hydrogen-bond acceptors (Lipinski definition) is 2. The molecular formula is C31H65NO. The normalized spacial score (nSPS) is 12.5. The Morgan fingerprint density at radius 3 is 0.818 bits per heavy atom. The second-order valence-corrected chi connectivity index (χ2v) is 10.9. The fourth-order valence-corrected chi connectivity index (χ4v) is 4.99. The average Bonchev–Trinajstić information content (AvgIpc) is 2.83. The number of hydrogen-bond donors (Lipinski definition) is 2. The van der Waals surface area contributed by atoms with E-state index in [2.05, 4.69) is 6.92 Å². The maximum absolute atomic E-state index is 8.91. The van der Waals surface area contributed by atoms with E-state index in [1.807, 2.05) is 0 Å². The minimum Gasteiger partial charge on any atom is -0.395 e. The predicted molar refractivity (Wildman–Crippen MR) is 150 cm³/mol. The maximum atomic E-state index is 8.91. The van der Waals surface area contributed by atoms with Crippen molar-refractivity contribution >= 4 is 0 Å². The van der Waals surface area contributed by atoms with Gasteiger partial charge in [0, 0.05) is 6.04 Å². The molecule has 1 unspecified atom stereocenters. The van der Waals surface area contributed by atoms with Gasteiger partial charge in [0.15, 0.2) is 0 Å². The van der Waals surface area contributed by atoms with Gasteiger partial charge in [-0.25, -0.2) is 0 Å². The molecule has 0 aliphatic carbocycles. The molecule has 0 aromatic rings. The van der Waals surface area contributed by atoms with Crippen LogP contribution in [-0.2, 0) is 0 Å². The van der Waals surface area contributed by atoms with Crippen molar-refractivity contribution in [2.24, 2.45) is 5.73 Å². The Bertz CT molecular complexity index is 333. The van der Waals surface area contributed by atoms with E-state index in [0.717, 1.165) is 6.42 Å². The molecular weight excluding hydrogens is 402 g/mol. The highest BCUT2D eigenvalue weighted by Crippen LogP contribution is 2.16. The van der Waals surface area contributed by atoms with E-state index >= 15 is 0 Å². The molecule has 0 aliphatic rings. The lowest BCUT2D eigenvalue weighted by Gasteiger charge is -2.07. The van der Waals surface area contributed by atoms with Crippen molar-refractivity contribution < 1.29 is 5.11 Å². The molecule has 0 aromatic heterocycles. The SMILES string of the molecule is CCCCCCCCCCCCCCCCCCCCCCCCCCCCCC(N)CO. The summed E-state index contributed by atoms with van der Waals surface area (Å²) in [5, 5.41) is 8.91. The van der Waals surface area contributed by atoms with Crippen LogP contribution in [0.25, 0.3) is 0 Å². The van der Waals surface area contributed by atoms with Gasteiger partial charge in [-0.05, 0) is 6.42 Å². The standard InChI is InChI=1S/C31H65NO/c1-2-3-4-5-6-7-8-9-10-11-12-13-14-15-16-17-18-19-20-21-22-23-24-25-26-27-28-29-31(32)30-33/h31,33H,2-30,32H2,1H3. The lowest BCUT2D eigenvalue weighted by molar-refractivity contribution is 0.257. The molecule has 0 bridgehead atoms. The smallest absolute Gasteiger partial charge is 0.0582 e. The summed E-state index contributed by atoms with van der Waals surface area (Å²) in [5.74, 6) is 0.